The molecular formula is C19H22N2O3. The molecule has 0 saturated carbocycles. The Bertz CT molecular complexity index is 603. The van der Waals surface area contributed by atoms with Crippen molar-refractivity contribution in [3.8, 4) is 0 Å². The maximum absolute atomic E-state index is 12.5. The summed E-state index contributed by atoms with van der Waals surface area (Å²) < 4.78 is 4.88. The summed E-state index contributed by atoms with van der Waals surface area (Å²) in [6.07, 6.45) is 0. The highest BCUT2D eigenvalue weighted by Gasteiger charge is 2.21. The van der Waals surface area contributed by atoms with E-state index in [0.717, 1.165) is 11.1 Å². The number of methoxy groups -OCH3 is 1. The second-order valence-corrected chi connectivity index (χ2v) is 5.38. The third-order valence-corrected chi connectivity index (χ3v) is 3.51. The standard InChI is InChI=1S/C19H22N2O3/c1-24-13-12-20-18(22)19(23)21(14-16-8-4-2-5-9-16)15-17-10-6-3-7-11-17/h2-11H,12-15H2,1H3,(H,20,22). The number of carbonyl (C=O) groups excluding carboxylic acids is 2. The van der Waals surface area contributed by atoms with E-state index in [0.29, 0.717) is 26.2 Å². The largest absolute Gasteiger partial charge is 0.383 e. The molecule has 0 aliphatic heterocycles. The van der Waals surface area contributed by atoms with Gasteiger partial charge < -0.3 is 15.0 Å². The van der Waals surface area contributed by atoms with Gasteiger partial charge in [0.2, 0.25) is 0 Å². The first-order valence-corrected chi connectivity index (χ1v) is 7.84. The average Bonchev–Trinajstić information content (AvgIpc) is 2.62. The Labute approximate surface area is 142 Å². The summed E-state index contributed by atoms with van der Waals surface area (Å²) in [4.78, 5) is 26.1. The van der Waals surface area contributed by atoms with Crippen LogP contribution in [0.2, 0.25) is 0 Å². The smallest absolute Gasteiger partial charge is 0.312 e. The Morgan fingerprint density at radius 3 is 1.88 bits per heavy atom. The van der Waals surface area contributed by atoms with Crippen LogP contribution in [0.25, 0.3) is 0 Å². The van der Waals surface area contributed by atoms with Crippen molar-refractivity contribution in [3.63, 3.8) is 0 Å². The van der Waals surface area contributed by atoms with Gasteiger partial charge in [0.1, 0.15) is 0 Å². The van der Waals surface area contributed by atoms with Gasteiger partial charge in [0.15, 0.2) is 0 Å². The van der Waals surface area contributed by atoms with Crippen LogP contribution in [-0.2, 0) is 27.4 Å². The van der Waals surface area contributed by atoms with Gasteiger partial charge in [-0.1, -0.05) is 60.7 Å². The zero-order valence-electron chi connectivity index (χ0n) is 13.8. The Kier molecular flexibility index (Phi) is 6.98. The molecule has 0 atom stereocenters. The monoisotopic (exact) mass is 326 g/mol. The van der Waals surface area contributed by atoms with Crippen LogP contribution < -0.4 is 5.32 Å². The van der Waals surface area contributed by atoms with E-state index in [9.17, 15) is 9.59 Å². The van der Waals surface area contributed by atoms with E-state index < -0.39 is 11.8 Å². The Morgan fingerprint density at radius 1 is 0.917 bits per heavy atom. The van der Waals surface area contributed by atoms with Gasteiger partial charge >= 0.3 is 11.8 Å². The fourth-order valence-corrected chi connectivity index (χ4v) is 2.29. The Balaban J connectivity index is 2.09. The van der Waals surface area contributed by atoms with Gasteiger partial charge in [0.25, 0.3) is 0 Å². The average molecular weight is 326 g/mol. The SMILES string of the molecule is COCCNC(=O)C(=O)N(Cc1ccccc1)Cc1ccccc1. The first-order chi connectivity index (χ1) is 11.7. The maximum Gasteiger partial charge on any atom is 0.312 e. The van der Waals surface area contributed by atoms with Crippen LogP contribution in [-0.4, -0.2) is 37.0 Å². The minimum absolute atomic E-state index is 0.311. The Hall–Kier alpha value is -2.66. The number of rotatable bonds is 7. The lowest BCUT2D eigenvalue weighted by molar-refractivity contribution is -0.146. The summed E-state index contributed by atoms with van der Waals surface area (Å²) >= 11 is 0. The second kappa shape index (κ2) is 9.47. The predicted molar refractivity (Wildman–Crippen MR) is 92.0 cm³/mol. The summed E-state index contributed by atoms with van der Waals surface area (Å²) in [5, 5.41) is 2.58. The predicted octanol–water partition coefficient (Wildman–Crippen LogP) is 1.98. The molecule has 0 aromatic heterocycles. The topological polar surface area (TPSA) is 58.6 Å². The van der Waals surface area contributed by atoms with Gasteiger partial charge in [0.05, 0.1) is 6.61 Å². The first kappa shape index (κ1) is 17.7. The number of hydrogen-bond donors (Lipinski definition) is 1. The molecule has 126 valence electrons. The van der Waals surface area contributed by atoms with E-state index in [4.69, 9.17) is 4.74 Å². The molecule has 0 aliphatic carbocycles. The molecule has 24 heavy (non-hydrogen) atoms. The van der Waals surface area contributed by atoms with Crippen LogP contribution in [0.1, 0.15) is 11.1 Å². The van der Waals surface area contributed by atoms with Crippen LogP contribution in [0.15, 0.2) is 60.7 Å². The van der Waals surface area contributed by atoms with E-state index in [2.05, 4.69) is 5.32 Å². The lowest BCUT2D eigenvalue weighted by Gasteiger charge is -2.22. The number of carbonyl (C=O) groups is 2. The van der Waals surface area contributed by atoms with Gasteiger partial charge in [0, 0.05) is 26.7 Å². The van der Waals surface area contributed by atoms with E-state index in [1.807, 2.05) is 60.7 Å². The molecule has 2 aromatic carbocycles. The van der Waals surface area contributed by atoms with Crippen molar-refractivity contribution in [1.82, 2.24) is 10.2 Å². The van der Waals surface area contributed by atoms with Crippen LogP contribution >= 0.6 is 0 Å². The Morgan fingerprint density at radius 2 is 1.42 bits per heavy atom. The molecule has 5 nitrogen and oxygen atoms in total. The molecule has 5 heteroatoms. The zero-order chi connectivity index (χ0) is 17.2. The maximum atomic E-state index is 12.5. The summed E-state index contributed by atoms with van der Waals surface area (Å²) in [5.74, 6) is -1.15. The minimum Gasteiger partial charge on any atom is -0.383 e. The molecular weight excluding hydrogens is 304 g/mol. The second-order valence-electron chi connectivity index (χ2n) is 5.38. The number of amides is 2. The normalized spacial score (nSPS) is 10.2. The summed E-state index contributed by atoms with van der Waals surface area (Å²) in [7, 11) is 1.55. The summed E-state index contributed by atoms with van der Waals surface area (Å²) in [6.45, 7) is 1.44. The van der Waals surface area contributed by atoms with E-state index in [1.54, 1.807) is 12.0 Å². The van der Waals surface area contributed by atoms with Gasteiger partial charge in [-0.25, -0.2) is 0 Å². The number of benzene rings is 2. The molecule has 0 fully saturated rings. The highest BCUT2D eigenvalue weighted by Crippen LogP contribution is 2.10. The summed E-state index contributed by atoms with van der Waals surface area (Å²) in [5.41, 5.74) is 1.96. The van der Waals surface area contributed by atoms with Crippen molar-refractivity contribution in [1.29, 1.82) is 0 Å². The number of nitrogens with zero attached hydrogens (tertiary/aromatic N) is 1. The molecule has 0 heterocycles. The van der Waals surface area contributed by atoms with Crippen molar-refractivity contribution in [2.45, 2.75) is 13.1 Å². The van der Waals surface area contributed by atoms with Gasteiger partial charge in [-0.3, -0.25) is 9.59 Å². The molecule has 2 aromatic rings. The first-order valence-electron chi connectivity index (χ1n) is 7.84. The fraction of sp³-hybridized carbons (Fsp3) is 0.263. The van der Waals surface area contributed by atoms with Crippen molar-refractivity contribution in [2.75, 3.05) is 20.3 Å². The van der Waals surface area contributed by atoms with Crippen molar-refractivity contribution in [2.24, 2.45) is 0 Å². The molecule has 0 aliphatic rings. The molecule has 2 rings (SSSR count). The number of nitrogens with one attached hydrogen (secondary N) is 1. The van der Waals surface area contributed by atoms with E-state index in [-0.39, 0.29) is 0 Å². The molecule has 2 amide bonds. The molecule has 1 N–H and O–H groups in total. The zero-order valence-corrected chi connectivity index (χ0v) is 13.8. The van der Waals surface area contributed by atoms with Crippen molar-refractivity contribution < 1.29 is 14.3 Å². The van der Waals surface area contributed by atoms with Gasteiger partial charge in [-0.2, -0.15) is 0 Å². The molecule has 0 radical (unpaired) electrons. The van der Waals surface area contributed by atoms with Crippen molar-refractivity contribution >= 4 is 11.8 Å². The van der Waals surface area contributed by atoms with E-state index >= 15 is 0 Å². The lowest BCUT2D eigenvalue weighted by atomic mass is 10.1. The minimum atomic E-state index is -0.612. The number of hydrogen-bond acceptors (Lipinski definition) is 3. The molecule has 0 spiro atoms. The van der Waals surface area contributed by atoms with Crippen LogP contribution in [0.4, 0.5) is 0 Å². The highest BCUT2D eigenvalue weighted by molar-refractivity contribution is 6.34. The molecule has 0 bridgehead atoms. The van der Waals surface area contributed by atoms with Gasteiger partial charge in [-0.05, 0) is 11.1 Å². The molecule has 0 saturated heterocycles. The summed E-state index contributed by atoms with van der Waals surface area (Å²) in [6, 6.07) is 19.3. The van der Waals surface area contributed by atoms with Gasteiger partial charge in [-0.15, -0.1) is 0 Å². The molecule has 0 unspecified atom stereocenters. The van der Waals surface area contributed by atoms with Crippen LogP contribution in [0, 0.1) is 0 Å². The van der Waals surface area contributed by atoms with Crippen LogP contribution in [0.3, 0.4) is 0 Å². The van der Waals surface area contributed by atoms with E-state index in [1.165, 1.54) is 0 Å². The fourth-order valence-electron chi connectivity index (χ4n) is 2.29. The quantitative estimate of drug-likeness (QED) is 0.625. The highest BCUT2D eigenvalue weighted by atomic mass is 16.5. The third-order valence-electron chi connectivity index (χ3n) is 3.51. The van der Waals surface area contributed by atoms with Crippen LogP contribution in [0.5, 0.6) is 0 Å². The lowest BCUT2D eigenvalue weighted by Crippen LogP contribution is -2.43. The third kappa shape index (κ3) is 5.52. The number of ether oxygens (including phenoxy) is 1. The van der Waals surface area contributed by atoms with Crippen molar-refractivity contribution in [3.05, 3.63) is 71.8 Å².